The molecule has 0 radical (unpaired) electrons. The highest BCUT2D eigenvalue weighted by atomic mass is 16.5. The minimum Gasteiger partial charge on any atom is -0.377 e. The molecule has 0 amide bonds. The standard InChI is InChI=1S/C12H25NO/c1-9(2)11-6-7-13(5)12(11)8-14-10(3)4/h9-12H,6-8H2,1-5H3. The highest BCUT2D eigenvalue weighted by Gasteiger charge is 2.33. The number of likely N-dealkylation sites (tertiary alicyclic amines) is 1. The molecule has 0 spiro atoms. The Bertz CT molecular complexity index is 168. The molecule has 2 atom stereocenters. The molecule has 0 aromatic carbocycles. The molecule has 2 heteroatoms. The normalized spacial score (nSPS) is 29.4. The Morgan fingerprint density at radius 1 is 1.29 bits per heavy atom. The second-order valence-corrected chi connectivity index (χ2v) is 5.13. The summed E-state index contributed by atoms with van der Waals surface area (Å²) in [5, 5.41) is 0. The molecule has 0 bridgehead atoms. The van der Waals surface area contributed by atoms with Crippen LogP contribution in [0.4, 0.5) is 0 Å². The first-order chi connectivity index (χ1) is 6.52. The average Bonchev–Trinajstić information content (AvgIpc) is 2.43. The van der Waals surface area contributed by atoms with Gasteiger partial charge in [0.05, 0.1) is 12.7 Å². The largest absolute Gasteiger partial charge is 0.377 e. The highest BCUT2D eigenvalue weighted by molar-refractivity contribution is 4.86. The van der Waals surface area contributed by atoms with E-state index in [-0.39, 0.29) is 0 Å². The predicted molar refractivity (Wildman–Crippen MR) is 60.5 cm³/mol. The first-order valence-corrected chi connectivity index (χ1v) is 5.84. The molecule has 0 aromatic heterocycles. The van der Waals surface area contributed by atoms with Crippen molar-refractivity contribution in [3.8, 4) is 0 Å². The average molecular weight is 199 g/mol. The summed E-state index contributed by atoms with van der Waals surface area (Å²) in [5.41, 5.74) is 0. The lowest BCUT2D eigenvalue weighted by Gasteiger charge is -2.28. The quantitative estimate of drug-likeness (QED) is 0.689. The van der Waals surface area contributed by atoms with E-state index >= 15 is 0 Å². The number of rotatable bonds is 4. The Hall–Kier alpha value is -0.0800. The first-order valence-electron chi connectivity index (χ1n) is 5.84. The number of likely N-dealkylation sites (N-methyl/N-ethyl adjacent to an activating group) is 1. The summed E-state index contributed by atoms with van der Waals surface area (Å²) in [6, 6.07) is 0.636. The van der Waals surface area contributed by atoms with Crippen molar-refractivity contribution in [1.82, 2.24) is 4.90 Å². The maximum atomic E-state index is 5.73. The fourth-order valence-corrected chi connectivity index (χ4v) is 2.36. The Kier molecular flexibility index (Phi) is 4.39. The topological polar surface area (TPSA) is 12.5 Å². The number of nitrogens with zero attached hydrogens (tertiary/aromatic N) is 1. The van der Waals surface area contributed by atoms with Gasteiger partial charge in [-0.1, -0.05) is 13.8 Å². The number of hydrogen-bond acceptors (Lipinski definition) is 2. The van der Waals surface area contributed by atoms with Gasteiger partial charge in [0.25, 0.3) is 0 Å². The van der Waals surface area contributed by atoms with E-state index in [0.717, 1.165) is 18.4 Å². The van der Waals surface area contributed by atoms with Crippen molar-refractivity contribution in [2.75, 3.05) is 20.2 Å². The number of hydrogen-bond donors (Lipinski definition) is 0. The molecular weight excluding hydrogens is 174 g/mol. The minimum absolute atomic E-state index is 0.358. The lowest BCUT2D eigenvalue weighted by atomic mass is 9.89. The van der Waals surface area contributed by atoms with E-state index in [1.807, 2.05) is 0 Å². The van der Waals surface area contributed by atoms with Gasteiger partial charge in [-0.3, -0.25) is 0 Å². The molecule has 0 N–H and O–H groups in total. The Balaban J connectivity index is 2.45. The smallest absolute Gasteiger partial charge is 0.0628 e. The van der Waals surface area contributed by atoms with E-state index in [1.54, 1.807) is 0 Å². The summed E-state index contributed by atoms with van der Waals surface area (Å²) in [5.74, 6) is 1.60. The monoisotopic (exact) mass is 199 g/mol. The van der Waals surface area contributed by atoms with Gasteiger partial charge in [-0.15, -0.1) is 0 Å². The van der Waals surface area contributed by atoms with Gasteiger partial charge in [-0.05, 0) is 45.7 Å². The molecule has 1 aliphatic heterocycles. The van der Waals surface area contributed by atoms with Crippen LogP contribution in [0.15, 0.2) is 0 Å². The molecule has 1 heterocycles. The maximum absolute atomic E-state index is 5.73. The van der Waals surface area contributed by atoms with E-state index in [2.05, 4.69) is 39.6 Å². The van der Waals surface area contributed by atoms with Crippen LogP contribution in [0.25, 0.3) is 0 Å². The predicted octanol–water partition coefficient (Wildman–Crippen LogP) is 2.39. The van der Waals surface area contributed by atoms with Crippen LogP contribution < -0.4 is 0 Å². The molecule has 1 fully saturated rings. The van der Waals surface area contributed by atoms with E-state index < -0.39 is 0 Å². The Labute approximate surface area is 88.6 Å². The SMILES string of the molecule is CC(C)OCC1C(C(C)C)CCN1C. The van der Waals surface area contributed by atoms with Gasteiger partial charge in [0, 0.05) is 6.04 Å². The van der Waals surface area contributed by atoms with Crippen LogP contribution in [0, 0.1) is 11.8 Å². The van der Waals surface area contributed by atoms with Crippen LogP contribution in [0.5, 0.6) is 0 Å². The van der Waals surface area contributed by atoms with Crippen LogP contribution in [0.3, 0.4) is 0 Å². The molecule has 1 rings (SSSR count). The Morgan fingerprint density at radius 3 is 2.43 bits per heavy atom. The van der Waals surface area contributed by atoms with Crippen LogP contribution in [-0.4, -0.2) is 37.2 Å². The van der Waals surface area contributed by atoms with Crippen LogP contribution >= 0.6 is 0 Å². The van der Waals surface area contributed by atoms with Crippen molar-refractivity contribution in [3.05, 3.63) is 0 Å². The van der Waals surface area contributed by atoms with Gasteiger partial charge in [-0.2, -0.15) is 0 Å². The van der Waals surface area contributed by atoms with E-state index in [1.165, 1.54) is 13.0 Å². The number of ether oxygens (including phenoxy) is 1. The van der Waals surface area contributed by atoms with E-state index in [4.69, 9.17) is 4.74 Å². The van der Waals surface area contributed by atoms with Crippen molar-refractivity contribution in [3.63, 3.8) is 0 Å². The van der Waals surface area contributed by atoms with Crippen LogP contribution in [0.2, 0.25) is 0 Å². The molecule has 0 aliphatic carbocycles. The lowest BCUT2D eigenvalue weighted by molar-refractivity contribution is 0.0272. The molecule has 14 heavy (non-hydrogen) atoms. The zero-order valence-electron chi connectivity index (χ0n) is 10.3. The van der Waals surface area contributed by atoms with Crippen molar-refractivity contribution < 1.29 is 4.74 Å². The van der Waals surface area contributed by atoms with Gasteiger partial charge in [0.15, 0.2) is 0 Å². The summed E-state index contributed by atoms with van der Waals surface area (Å²) < 4.78 is 5.73. The zero-order chi connectivity index (χ0) is 10.7. The van der Waals surface area contributed by atoms with Gasteiger partial charge in [-0.25, -0.2) is 0 Å². The molecule has 1 aliphatic rings. The third-order valence-electron chi connectivity index (χ3n) is 3.33. The summed E-state index contributed by atoms with van der Waals surface area (Å²) >= 11 is 0. The van der Waals surface area contributed by atoms with Gasteiger partial charge >= 0.3 is 0 Å². The van der Waals surface area contributed by atoms with Gasteiger partial charge in [0.1, 0.15) is 0 Å². The molecular formula is C12H25NO. The second-order valence-electron chi connectivity index (χ2n) is 5.13. The van der Waals surface area contributed by atoms with Gasteiger partial charge in [0.2, 0.25) is 0 Å². The molecule has 1 saturated heterocycles. The fourth-order valence-electron chi connectivity index (χ4n) is 2.36. The van der Waals surface area contributed by atoms with Crippen LogP contribution in [-0.2, 0) is 4.74 Å². The Morgan fingerprint density at radius 2 is 1.93 bits per heavy atom. The summed E-state index contributed by atoms with van der Waals surface area (Å²) in [6.45, 7) is 11.0. The van der Waals surface area contributed by atoms with Crippen molar-refractivity contribution in [2.24, 2.45) is 11.8 Å². The van der Waals surface area contributed by atoms with E-state index in [9.17, 15) is 0 Å². The second kappa shape index (κ2) is 5.13. The molecule has 2 unspecified atom stereocenters. The van der Waals surface area contributed by atoms with Crippen molar-refractivity contribution in [2.45, 2.75) is 46.3 Å². The third kappa shape index (κ3) is 2.96. The summed E-state index contributed by atoms with van der Waals surface area (Å²) in [7, 11) is 2.22. The summed E-state index contributed by atoms with van der Waals surface area (Å²) in [6.07, 6.45) is 1.69. The van der Waals surface area contributed by atoms with Crippen molar-refractivity contribution >= 4 is 0 Å². The van der Waals surface area contributed by atoms with Crippen molar-refractivity contribution in [1.29, 1.82) is 0 Å². The molecule has 0 aromatic rings. The summed E-state index contributed by atoms with van der Waals surface area (Å²) in [4.78, 5) is 2.45. The zero-order valence-corrected chi connectivity index (χ0v) is 10.3. The lowest BCUT2D eigenvalue weighted by Crippen LogP contribution is -2.36. The molecule has 84 valence electrons. The maximum Gasteiger partial charge on any atom is 0.0628 e. The highest BCUT2D eigenvalue weighted by Crippen LogP contribution is 2.29. The van der Waals surface area contributed by atoms with Crippen LogP contribution in [0.1, 0.15) is 34.1 Å². The van der Waals surface area contributed by atoms with E-state index in [0.29, 0.717) is 12.1 Å². The minimum atomic E-state index is 0.358. The molecule has 0 saturated carbocycles. The first kappa shape index (κ1) is 12.0. The van der Waals surface area contributed by atoms with Gasteiger partial charge < -0.3 is 9.64 Å². The fraction of sp³-hybridized carbons (Fsp3) is 1.00. The third-order valence-corrected chi connectivity index (χ3v) is 3.33. The molecule has 2 nitrogen and oxygen atoms in total.